The first-order chi connectivity index (χ1) is 12.1. The molecule has 0 bridgehead atoms. The van der Waals surface area contributed by atoms with Crippen molar-refractivity contribution < 1.29 is 4.74 Å². The highest BCUT2D eigenvalue weighted by molar-refractivity contribution is 7.21. The predicted octanol–water partition coefficient (Wildman–Crippen LogP) is 3.05. The molecule has 3 N–H and O–H groups in total. The Balaban J connectivity index is 1.92. The van der Waals surface area contributed by atoms with Crippen molar-refractivity contribution in [2.45, 2.75) is 27.2 Å². The van der Waals surface area contributed by atoms with Crippen LogP contribution in [0, 0.1) is 6.92 Å². The smallest absolute Gasteiger partial charge is 0.224 e. The van der Waals surface area contributed by atoms with Gasteiger partial charge < -0.3 is 15.8 Å². The molecule has 0 radical (unpaired) electrons. The number of ether oxygens (including phenoxy) is 1. The van der Waals surface area contributed by atoms with Gasteiger partial charge in [-0.15, -0.1) is 11.3 Å². The molecule has 0 saturated carbocycles. The summed E-state index contributed by atoms with van der Waals surface area (Å²) in [7, 11) is 0. The van der Waals surface area contributed by atoms with E-state index in [1.807, 2.05) is 26.1 Å². The van der Waals surface area contributed by atoms with Crippen LogP contribution in [0.15, 0.2) is 12.3 Å². The summed E-state index contributed by atoms with van der Waals surface area (Å²) in [5.74, 6) is 0.937. The van der Waals surface area contributed by atoms with Gasteiger partial charge in [0, 0.05) is 19.3 Å². The number of nitrogens with one attached hydrogen (secondary N) is 1. The molecule has 3 aromatic rings. The number of nitrogens with two attached hydrogens (primary N) is 1. The number of nitrogen functional groups attached to an aromatic ring is 1. The zero-order valence-corrected chi connectivity index (χ0v) is 15.5. The van der Waals surface area contributed by atoms with Crippen molar-refractivity contribution in [3.8, 4) is 10.6 Å². The summed E-state index contributed by atoms with van der Waals surface area (Å²) in [5, 5.41) is 3.96. The van der Waals surface area contributed by atoms with E-state index in [9.17, 15) is 0 Å². The molecular weight excluding hydrogens is 336 g/mol. The molecule has 0 atom stereocenters. The van der Waals surface area contributed by atoms with Crippen molar-refractivity contribution in [1.29, 1.82) is 0 Å². The second kappa shape index (κ2) is 7.71. The lowest BCUT2D eigenvalue weighted by molar-refractivity contribution is 0.158. The summed E-state index contributed by atoms with van der Waals surface area (Å²) in [6, 6.07) is 1.98. The summed E-state index contributed by atoms with van der Waals surface area (Å²) < 4.78 is 6.40. The van der Waals surface area contributed by atoms with Crippen LogP contribution in [0.2, 0.25) is 0 Å². The Hall–Kier alpha value is -2.32. The maximum Gasteiger partial charge on any atom is 0.224 e. The van der Waals surface area contributed by atoms with Crippen LogP contribution in [0.1, 0.15) is 25.2 Å². The van der Waals surface area contributed by atoms with Crippen LogP contribution < -0.4 is 11.1 Å². The molecule has 0 aliphatic rings. The van der Waals surface area contributed by atoms with E-state index in [0.717, 1.165) is 38.6 Å². The van der Waals surface area contributed by atoms with E-state index >= 15 is 0 Å². The molecule has 0 fully saturated rings. The van der Waals surface area contributed by atoms with Gasteiger partial charge in [-0.25, -0.2) is 9.97 Å². The van der Waals surface area contributed by atoms with E-state index in [1.54, 1.807) is 11.3 Å². The summed E-state index contributed by atoms with van der Waals surface area (Å²) >= 11 is 1.59. The van der Waals surface area contributed by atoms with Gasteiger partial charge in [0.15, 0.2) is 0 Å². The number of anilines is 2. The van der Waals surface area contributed by atoms with E-state index in [1.165, 1.54) is 0 Å². The number of fused-ring (bicyclic) bond motifs is 1. The monoisotopic (exact) mass is 358 g/mol. The Morgan fingerprint density at radius 3 is 2.80 bits per heavy atom. The van der Waals surface area contributed by atoms with Crippen LogP contribution in [0.5, 0.6) is 0 Å². The Morgan fingerprint density at radius 2 is 2.08 bits per heavy atom. The highest BCUT2D eigenvalue weighted by Crippen LogP contribution is 2.35. The fraction of sp³-hybridized carbons (Fsp3) is 0.412. The van der Waals surface area contributed by atoms with Crippen molar-refractivity contribution >= 4 is 33.3 Å². The molecule has 132 valence electrons. The Labute approximate surface area is 150 Å². The molecule has 7 nitrogen and oxygen atoms in total. The molecule has 8 heteroatoms. The number of nitrogens with zero attached hydrogens (tertiary/aromatic N) is 4. The van der Waals surface area contributed by atoms with Crippen LogP contribution in [-0.4, -0.2) is 39.7 Å². The minimum Gasteiger partial charge on any atom is -0.383 e. The molecule has 25 heavy (non-hydrogen) atoms. The van der Waals surface area contributed by atoms with Gasteiger partial charge in [-0.05, 0) is 26.3 Å². The molecule has 0 aliphatic carbocycles. The summed E-state index contributed by atoms with van der Waals surface area (Å²) in [6.07, 6.45) is 2.66. The topological polar surface area (TPSA) is 98.8 Å². The Kier molecular flexibility index (Phi) is 5.40. The number of thiazole rings is 1. The maximum atomic E-state index is 6.21. The maximum absolute atomic E-state index is 6.21. The molecule has 3 rings (SSSR count). The van der Waals surface area contributed by atoms with Gasteiger partial charge in [0.1, 0.15) is 16.3 Å². The third-order valence-electron chi connectivity index (χ3n) is 3.78. The number of hydrogen-bond acceptors (Lipinski definition) is 8. The minimum absolute atomic E-state index is 0.427. The van der Waals surface area contributed by atoms with Gasteiger partial charge in [0.05, 0.1) is 28.3 Å². The van der Waals surface area contributed by atoms with Gasteiger partial charge >= 0.3 is 0 Å². The molecule has 0 amide bonds. The van der Waals surface area contributed by atoms with E-state index < -0.39 is 0 Å². The fourth-order valence-electron chi connectivity index (χ4n) is 2.59. The Bertz CT molecular complexity index is 856. The van der Waals surface area contributed by atoms with E-state index in [0.29, 0.717) is 31.5 Å². The van der Waals surface area contributed by atoms with Crippen molar-refractivity contribution in [3.63, 3.8) is 0 Å². The standard InChI is InChI=1S/C17H22N6OS/c1-4-11-14-12(6-7-19-11)25-16(22-14)13-10(3)21-17(23-15(13)18)20-8-9-24-5-2/h6-7H,4-5,8-9H2,1-3H3,(H3,18,20,21,23). The molecule has 0 spiro atoms. The van der Waals surface area contributed by atoms with Crippen LogP contribution in [0.3, 0.4) is 0 Å². The summed E-state index contributed by atoms with van der Waals surface area (Å²) in [4.78, 5) is 18.0. The number of aryl methyl sites for hydroxylation is 2. The second-order valence-electron chi connectivity index (χ2n) is 5.49. The largest absolute Gasteiger partial charge is 0.383 e. The quantitative estimate of drug-likeness (QED) is 0.626. The molecule has 0 unspecified atom stereocenters. The Morgan fingerprint density at radius 1 is 1.24 bits per heavy atom. The minimum atomic E-state index is 0.427. The van der Waals surface area contributed by atoms with Crippen LogP contribution in [0.4, 0.5) is 11.8 Å². The van der Waals surface area contributed by atoms with Crippen molar-refractivity contribution in [2.24, 2.45) is 0 Å². The van der Waals surface area contributed by atoms with E-state index in [4.69, 9.17) is 15.5 Å². The third kappa shape index (κ3) is 3.69. The number of pyridine rings is 1. The zero-order chi connectivity index (χ0) is 17.8. The van der Waals surface area contributed by atoms with Gasteiger partial charge in [0.25, 0.3) is 0 Å². The third-order valence-corrected chi connectivity index (χ3v) is 4.82. The molecule has 3 aromatic heterocycles. The van der Waals surface area contributed by atoms with Crippen molar-refractivity contribution in [2.75, 3.05) is 30.8 Å². The van der Waals surface area contributed by atoms with Gasteiger partial charge in [-0.3, -0.25) is 4.98 Å². The average Bonchev–Trinajstić information content (AvgIpc) is 3.01. The van der Waals surface area contributed by atoms with Crippen LogP contribution >= 0.6 is 11.3 Å². The molecule has 0 aliphatic heterocycles. The highest BCUT2D eigenvalue weighted by Gasteiger charge is 2.17. The molecule has 3 heterocycles. The second-order valence-corrected chi connectivity index (χ2v) is 6.52. The first kappa shape index (κ1) is 17.5. The highest BCUT2D eigenvalue weighted by atomic mass is 32.1. The van der Waals surface area contributed by atoms with Crippen molar-refractivity contribution in [1.82, 2.24) is 19.9 Å². The van der Waals surface area contributed by atoms with Gasteiger partial charge in [-0.2, -0.15) is 4.98 Å². The lowest BCUT2D eigenvalue weighted by atomic mass is 10.2. The summed E-state index contributed by atoms with van der Waals surface area (Å²) in [6.45, 7) is 7.89. The van der Waals surface area contributed by atoms with Crippen LogP contribution in [-0.2, 0) is 11.2 Å². The number of rotatable bonds is 7. The van der Waals surface area contributed by atoms with E-state index in [2.05, 4.69) is 27.2 Å². The van der Waals surface area contributed by atoms with Gasteiger partial charge in [-0.1, -0.05) is 6.92 Å². The van der Waals surface area contributed by atoms with Gasteiger partial charge in [0.2, 0.25) is 5.95 Å². The first-order valence-electron chi connectivity index (χ1n) is 8.34. The lowest BCUT2D eigenvalue weighted by Gasteiger charge is -2.10. The fourth-order valence-corrected chi connectivity index (χ4v) is 3.68. The molecule has 0 aromatic carbocycles. The molecular formula is C17H22N6OS. The SMILES string of the molecule is CCOCCNc1nc(C)c(-c2nc3c(CC)nccc3s2)c(N)n1. The average molecular weight is 358 g/mol. The number of hydrogen-bond donors (Lipinski definition) is 2. The first-order valence-corrected chi connectivity index (χ1v) is 9.16. The van der Waals surface area contributed by atoms with Crippen molar-refractivity contribution in [3.05, 3.63) is 23.7 Å². The number of aromatic nitrogens is 4. The normalized spacial score (nSPS) is 11.2. The zero-order valence-electron chi connectivity index (χ0n) is 14.7. The molecule has 0 saturated heterocycles. The summed E-state index contributed by atoms with van der Waals surface area (Å²) in [5.41, 5.74) is 9.72. The lowest BCUT2D eigenvalue weighted by Crippen LogP contribution is -2.13. The predicted molar refractivity (Wildman–Crippen MR) is 102 cm³/mol. The van der Waals surface area contributed by atoms with Crippen LogP contribution in [0.25, 0.3) is 20.8 Å². The van der Waals surface area contributed by atoms with E-state index in [-0.39, 0.29) is 0 Å².